The lowest BCUT2D eigenvalue weighted by molar-refractivity contribution is 0.380. The van der Waals surface area contributed by atoms with Crippen LogP contribution in [0.25, 0.3) is 0 Å². The van der Waals surface area contributed by atoms with Gasteiger partial charge in [0.1, 0.15) is 0 Å². The lowest BCUT2D eigenvalue weighted by atomic mass is 10.2. The Balaban J connectivity index is 2.08. The average molecular weight is 314 g/mol. The summed E-state index contributed by atoms with van der Waals surface area (Å²) < 4.78 is 31.1. The van der Waals surface area contributed by atoms with Crippen LogP contribution < -0.4 is 9.46 Å². The molecule has 0 bridgehead atoms. The van der Waals surface area contributed by atoms with Gasteiger partial charge in [-0.3, -0.25) is 4.72 Å². The summed E-state index contributed by atoms with van der Waals surface area (Å²) in [7, 11) is -2.10. The zero-order valence-corrected chi connectivity index (χ0v) is 12.1. The monoisotopic (exact) mass is 313 g/mol. The quantitative estimate of drug-likeness (QED) is 0.914. The molecule has 0 aliphatic heterocycles. The van der Waals surface area contributed by atoms with E-state index in [0.717, 1.165) is 0 Å². The van der Waals surface area contributed by atoms with Crippen LogP contribution in [0.15, 0.2) is 36.7 Å². The smallest absolute Gasteiger partial charge is 0.316 e. The molecule has 1 heterocycles. The van der Waals surface area contributed by atoms with Gasteiger partial charge in [-0.1, -0.05) is 23.7 Å². The molecule has 0 spiro atoms. The summed E-state index contributed by atoms with van der Waals surface area (Å²) in [5.41, 5.74) is 0.913. The standard InChI is InChI=1S/C12H12ClN3O3S/c1-19-12-14-6-11(7-15-12)16-20(17,18)8-9-2-4-10(13)5-3-9/h2-7,16H,8H2,1H3. The Bertz CT molecular complexity index is 672. The molecule has 0 fully saturated rings. The first-order valence-corrected chi connectivity index (χ1v) is 7.62. The molecule has 1 N–H and O–H groups in total. The van der Waals surface area contributed by atoms with E-state index in [-0.39, 0.29) is 17.5 Å². The van der Waals surface area contributed by atoms with Crippen LogP contribution in [0.2, 0.25) is 5.02 Å². The van der Waals surface area contributed by atoms with E-state index in [4.69, 9.17) is 16.3 Å². The number of halogens is 1. The number of nitrogens with zero attached hydrogens (tertiary/aromatic N) is 2. The summed E-state index contributed by atoms with van der Waals surface area (Å²) >= 11 is 5.75. The van der Waals surface area contributed by atoms with E-state index in [0.29, 0.717) is 10.6 Å². The van der Waals surface area contributed by atoms with E-state index in [1.54, 1.807) is 24.3 Å². The molecule has 1 aromatic carbocycles. The van der Waals surface area contributed by atoms with Crippen LogP contribution in [-0.2, 0) is 15.8 Å². The van der Waals surface area contributed by atoms with Crippen molar-refractivity contribution in [3.8, 4) is 6.01 Å². The summed E-state index contributed by atoms with van der Waals surface area (Å²) in [6.07, 6.45) is 2.68. The molecule has 0 radical (unpaired) electrons. The molecule has 20 heavy (non-hydrogen) atoms. The highest BCUT2D eigenvalue weighted by Gasteiger charge is 2.12. The lowest BCUT2D eigenvalue weighted by Gasteiger charge is -2.07. The molecule has 0 aliphatic carbocycles. The van der Waals surface area contributed by atoms with Gasteiger partial charge in [0.2, 0.25) is 10.0 Å². The lowest BCUT2D eigenvalue weighted by Crippen LogP contribution is -2.15. The summed E-state index contributed by atoms with van der Waals surface area (Å²) in [6.45, 7) is 0. The molecule has 0 amide bonds. The summed E-state index contributed by atoms with van der Waals surface area (Å²) in [4.78, 5) is 7.64. The number of nitrogens with one attached hydrogen (secondary N) is 1. The second-order valence-electron chi connectivity index (χ2n) is 3.95. The maximum absolute atomic E-state index is 12.0. The van der Waals surface area contributed by atoms with E-state index in [9.17, 15) is 8.42 Å². The van der Waals surface area contributed by atoms with E-state index >= 15 is 0 Å². The van der Waals surface area contributed by atoms with Gasteiger partial charge in [-0.25, -0.2) is 18.4 Å². The largest absolute Gasteiger partial charge is 0.467 e. The molecule has 2 rings (SSSR count). The van der Waals surface area contributed by atoms with E-state index in [1.165, 1.54) is 19.5 Å². The summed E-state index contributed by atoms with van der Waals surface area (Å²) in [5.74, 6) is -0.157. The predicted octanol–water partition coefficient (Wildman–Crippen LogP) is 2.08. The first-order chi connectivity index (χ1) is 9.48. The second kappa shape index (κ2) is 6.06. The van der Waals surface area contributed by atoms with Crippen molar-refractivity contribution in [1.29, 1.82) is 0 Å². The van der Waals surface area contributed by atoms with Crippen molar-refractivity contribution >= 4 is 27.3 Å². The third kappa shape index (κ3) is 4.07. The molecule has 2 aromatic rings. The van der Waals surface area contributed by atoms with Gasteiger partial charge >= 0.3 is 6.01 Å². The Kier molecular flexibility index (Phi) is 4.41. The Morgan fingerprint density at radius 1 is 1.20 bits per heavy atom. The van der Waals surface area contributed by atoms with Crippen molar-refractivity contribution in [3.05, 3.63) is 47.2 Å². The van der Waals surface area contributed by atoms with Crippen molar-refractivity contribution in [2.45, 2.75) is 5.75 Å². The van der Waals surface area contributed by atoms with Crippen LogP contribution in [-0.4, -0.2) is 25.5 Å². The summed E-state index contributed by atoms with van der Waals surface area (Å²) in [5, 5.41) is 0.558. The molecule has 0 aliphatic rings. The molecular weight excluding hydrogens is 302 g/mol. The van der Waals surface area contributed by atoms with Crippen LogP contribution in [0.5, 0.6) is 6.01 Å². The van der Waals surface area contributed by atoms with Crippen molar-refractivity contribution in [3.63, 3.8) is 0 Å². The maximum Gasteiger partial charge on any atom is 0.316 e. The number of benzene rings is 1. The molecule has 6 nitrogen and oxygen atoms in total. The Morgan fingerprint density at radius 2 is 1.80 bits per heavy atom. The molecule has 8 heteroatoms. The van der Waals surface area contributed by atoms with Gasteiger partial charge < -0.3 is 4.74 Å². The van der Waals surface area contributed by atoms with Gasteiger partial charge in [-0.2, -0.15) is 0 Å². The molecule has 0 saturated heterocycles. The number of hydrogen-bond acceptors (Lipinski definition) is 5. The Morgan fingerprint density at radius 3 is 2.35 bits per heavy atom. The van der Waals surface area contributed by atoms with Gasteiger partial charge in [-0.15, -0.1) is 0 Å². The Labute approximate surface area is 121 Å². The fourth-order valence-electron chi connectivity index (χ4n) is 1.49. The Hall–Kier alpha value is -1.86. The molecule has 0 unspecified atom stereocenters. The second-order valence-corrected chi connectivity index (χ2v) is 6.10. The van der Waals surface area contributed by atoms with E-state index in [2.05, 4.69) is 14.7 Å². The third-order valence-electron chi connectivity index (χ3n) is 2.35. The summed E-state index contributed by atoms with van der Waals surface area (Å²) in [6, 6.07) is 6.77. The van der Waals surface area contributed by atoms with Crippen molar-refractivity contribution < 1.29 is 13.2 Å². The predicted molar refractivity (Wildman–Crippen MR) is 76.3 cm³/mol. The van der Waals surface area contributed by atoms with Crippen molar-refractivity contribution in [2.24, 2.45) is 0 Å². The number of methoxy groups -OCH3 is 1. The highest BCUT2D eigenvalue weighted by atomic mass is 35.5. The fourth-order valence-corrected chi connectivity index (χ4v) is 2.78. The number of ether oxygens (including phenoxy) is 1. The molecule has 1 aromatic heterocycles. The topological polar surface area (TPSA) is 81.2 Å². The van der Waals surface area contributed by atoms with Crippen molar-refractivity contribution in [2.75, 3.05) is 11.8 Å². The van der Waals surface area contributed by atoms with Gasteiger partial charge in [0.05, 0.1) is 30.9 Å². The normalized spacial score (nSPS) is 11.1. The minimum absolute atomic E-state index is 0.157. The highest BCUT2D eigenvalue weighted by molar-refractivity contribution is 7.91. The van der Waals surface area contributed by atoms with Gasteiger partial charge in [0.15, 0.2) is 0 Å². The van der Waals surface area contributed by atoms with Crippen LogP contribution in [0.4, 0.5) is 5.69 Å². The van der Waals surface area contributed by atoms with E-state index < -0.39 is 10.0 Å². The zero-order valence-electron chi connectivity index (χ0n) is 10.6. The first kappa shape index (κ1) is 14.5. The first-order valence-electron chi connectivity index (χ1n) is 5.59. The number of hydrogen-bond donors (Lipinski definition) is 1. The zero-order chi connectivity index (χ0) is 14.6. The van der Waals surface area contributed by atoms with E-state index in [1.807, 2.05) is 0 Å². The SMILES string of the molecule is COc1ncc(NS(=O)(=O)Cc2ccc(Cl)cc2)cn1. The minimum Gasteiger partial charge on any atom is -0.467 e. The van der Waals surface area contributed by atoms with Crippen LogP contribution in [0.3, 0.4) is 0 Å². The average Bonchev–Trinajstić information content (AvgIpc) is 2.41. The van der Waals surface area contributed by atoms with Crippen molar-refractivity contribution in [1.82, 2.24) is 9.97 Å². The van der Waals surface area contributed by atoms with Crippen LogP contribution in [0.1, 0.15) is 5.56 Å². The fraction of sp³-hybridized carbons (Fsp3) is 0.167. The van der Waals surface area contributed by atoms with Gasteiger partial charge in [-0.05, 0) is 17.7 Å². The molecule has 0 saturated carbocycles. The molecule has 106 valence electrons. The number of rotatable bonds is 5. The highest BCUT2D eigenvalue weighted by Crippen LogP contribution is 2.14. The third-order valence-corrected chi connectivity index (χ3v) is 3.87. The molecular formula is C12H12ClN3O3S. The number of sulfonamides is 1. The van der Waals surface area contributed by atoms with Crippen LogP contribution >= 0.6 is 11.6 Å². The number of aromatic nitrogens is 2. The molecule has 0 atom stereocenters. The minimum atomic E-state index is -3.53. The van der Waals surface area contributed by atoms with Gasteiger partial charge in [0, 0.05) is 5.02 Å². The number of anilines is 1. The maximum atomic E-state index is 12.0. The van der Waals surface area contributed by atoms with Crippen LogP contribution in [0, 0.1) is 0 Å². The van der Waals surface area contributed by atoms with Gasteiger partial charge in [0.25, 0.3) is 0 Å².